The summed E-state index contributed by atoms with van der Waals surface area (Å²) in [4.78, 5) is 40.1. The molecule has 2 rings (SSSR count). The lowest BCUT2D eigenvalue weighted by atomic mass is 10.3. The number of hydrogen-bond acceptors (Lipinski definition) is 6. The molecule has 0 atom stereocenters. The van der Waals surface area contributed by atoms with Crippen LogP contribution in [0.1, 0.15) is 19.8 Å². The van der Waals surface area contributed by atoms with Gasteiger partial charge in [-0.05, 0) is 30.7 Å². The number of rotatable bonds is 8. The number of nitrogens with one attached hydrogen (secondary N) is 1. The van der Waals surface area contributed by atoms with Gasteiger partial charge in [0, 0.05) is 25.7 Å². The number of nitrogens with zero attached hydrogens (tertiary/aromatic N) is 3. The summed E-state index contributed by atoms with van der Waals surface area (Å²) < 4.78 is 27.4. The number of nitrogens with two attached hydrogens (primary N) is 1. The van der Waals surface area contributed by atoms with Crippen LogP contribution in [-0.2, 0) is 21.4 Å². The Hall–Kier alpha value is -2.63. The quantitative estimate of drug-likeness (QED) is 0.602. The number of unbranched alkanes of at least 4 members (excludes halogenated alkanes) is 1. The molecule has 3 N–H and O–H groups in total. The number of aromatic nitrogens is 2. The normalized spacial score (nSPS) is 11.6. The molecule has 0 saturated carbocycles. The zero-order valence-corrected chi connectivity index (χ0v) is 18.5. The average Bonchev–Trinajstić information content (AvgIpc) is 2.67. The number of amides is 1. The minimum atomic E-state index is -3.96. The Morgan fingerprint density at radius 3 is 2.37 bits per heavy atom. The third kappa shape index (κ3) is 4.91. The second-order valence-electron chi connectivity index (χ2n) is 6.67. The van der Waals surface area contributed by atoms with Gasteiger partial charge in [-0.1, -0.05) is 24.9 Å². The van der Waals surface area contributed by atoms with Crippen LogP contribution in [0.2, 0.25) is 5.02 Å². The number of sulfonamides is 1. The average molecular weight is 458 g/mol. The van der Waals surface area contributed by atoms with Crippen molar-refractivity contribution in [3.05, 3.63) is 50.1 Å². The molecule has 0 unspecified atom stereocenters. The largest absolute Gasteiger partial charge is 0.383 e. The molecular formula is C18H24ClN5O5S. The number of anilines is 2. The molecule has 10 nitrogen and oxygen atoms in total. The van der Waals surface area contributed by atoms with Crippen LogP contribution >= 0.6 is 11.6 Å². The maximum atomic E-state index is 12.7. The molecule has 12 heteroatoms. The Morgan fingerprint density at radius 1 is 1.20 bits per heavy atom. The molecule has 0 aliphatic heterocycles. The van der Waals surface area contributed by atoms with Gasteiger partial charge in [-0.15, -0.1) is 0 Å². The first kappa shape index (κ1) is 23.6. The van der Waals surface area contributed by atoms with E-state index in [4.69, 9.17) is 17.3 Å². The van der Waals surface area contributed by atoms with Gasteiger partial charge >= 0.3 is 5.69 Å². The van der Waals surface area contributed by atoms with Crippen molar-refractivity contribution in [1.29, 1.82) is 0 Å². The van der Waals surface area contributed by atoms with E-state index >= 15 is 0 Å². The van der Waals surface area contributed by atoms with Gasteiger partial charge in [0.25, 0.3) is 5.56 Å². The van der Waals surface area contributed by atoms with Gasteiger partial charge in [-0.25, -0.2) is 13.2 Å². The number of hydrogen-bond donors (Lipinski definition) is 2. The number of H-pyrrole nitrogens is 1. The van der Waals surface area contributed by atoms with Crippen LogP contribution in [0, 0.1) is 0 Å². The number of carbonyl (C=O) groups excluding carboxylic acids is 1. The van der Waals surface area contributed by atoms with E-state index in [1.54, 1.807) is 0 Å². The van der Waals surface area contributed by atoms with Crippen LogP contribution < -0.4 is 21.9 Å². The highest BCUT2D eigenvalue weighted by Gasteiger charge is 2.27. The fourth-order valence-corrected chi connectivity index (χ4v) is 3.98. The molecule has 0 radical (unpaired) electrons. The Kier molecular flexibility index (Phi) is 7.45. The summed E-state index contributed by atoms with van der Waals surface area (Å²) in [5, 5.41) is 0.375. The van der Waals surface area contributed by atoms with Crippen molar-refractivity contribution in [2.75, 3.05) is 31.3 Å². The highest BCUT2D eigenvalue weighted by Crippen LogP contribution is 2.19. The fourth-order valence-electron chi connectivity index (χ4n) is 2.73. The van der Waals surface area contributed by atoms with Crippen LogP contribution in [0.5, 0.6) is 0 Å². The van der Waals surface area contributed by atoms with E-state index in [0.29, 0.717) is 11.4 Å². The van der Waals surface area contributed by atoms with E-state index < -0.39 is 33.7 Å². The van der Waals surface area contributed by atoms with Gasteiger partial charge < -0.3 is 10.6 Å². The molecule has 1 aromatic carbocycles. The zero-order chi connectivity index (χ0) is 22.6. The molecule has 0 spiro atoms. The second-order valence-corrected chi connectivity index (χ2v) is 9.15. The molecule has 1 aromatic heterocycles. The maximum absolute atomic E-state index is 12.7. The van der Waals surface area contributed by atoms with Gasteiger partial charge in [0.15, 0.2) is 5.69 Å². The van der Waals surface area contributed by atoms with Crippen LogP contribution in [0.4, 0.5) is 11.5 Å². The molecule has 0 saturated heterocycles. The summed E-state index contributed by atoms with van der Waals surface area (Å²) in [7, 11) is -1.43. The maximum Gasteiger partial charge on any atom is 0.330 e. The molecule has 0 aliphatic rings. The second kappa shape index (κ2) is 9.45. The van der Waals surface area contributed by atoms with Crippen LogP contribution in [0.25, 0.3) is 0 Å². The fraction of sp³-hybridized carbons (Fsp3) is 0.389. The van der Waals surface area contributed by atoms with Gasteiger partial charge in [0.2, 0.25) is 15.9 Å². The minimum absolute atomic E-state index is 0.0321. The van der Waals surface area contributed by atoms with Crippen molar-refractivity contribution < 1.29 is 13.2 Å². The topological polar surface area (TPSA) is 139 Å². The third-order valence-corrected chi connectivity index (χ3v) is 6.61. The molecule has 0 aliphatic carbocycles. The summed E-state index contributed by atoms with van der Waals surface area (Å²) in [6.07, 6.45) is 1.44. The number of nitrogen functional groups attached to an aromatic ring is 1. The lowest BCUT2D eigenvalue weighted by Gasteiger charge is -2.23. The lowest BCUT2D eigenvalue weighted by Crippen LogP contribution is -2.43. The van der Waals surface area contributed by atoms with Crippen LogP contribution in [0.3, 0.4) is 0 Å². The highest BCUT2D eigenvalue weighted by molar-refractivity contribution is 7.89. The summed E-state index contributed by atoms with van der Waals surface area (Å²) in [6.45, 7) is 1.66. The third-order valence-electron chi connectivity index (χ3n) is 4.54. The summed E-state index contributed by atoms with van der Waals surface area (Å²) in [5.74, 6) is -0.857. The van der Waals surface area contributed by atoms with E-state index in [-0.39, 0.29) is 22.9 Å². The summed E-state index contributed by atoms with van der Waals surface area (Å²) >= 11 is 5.78. The van der Waals surface area contributed by atoms with Crippen molar-refractivity contribution in [1.82, 2.24) is 13.9 Å². The Balaban J connectivity index is 2.30. The molecule has 164 valence electrons. The van der Waals surface area contributed by atoms with Crippen molar-refractivity contribution >= 4 is 39.0 Å². The number of carbonyl (C=O) groups is 1. The SMILES string of the molecule is CCCCn1c(N)c(N(C)C(=O)CN(C)S(=O)(=O)c2ccc(Cl)cc2)c(=O)[nH]c1=O. The minimum Gasteiger partial charge on any atom is -0.383 e. The lowest BCUT2D eigenvalue weighted by molar-refractivity contribution is -0.118. The van der Waals surface area contributed by atoms with Crippen molar-refractivity contribution in [2.45, 2.75) is 31.2 Å². The Morgan fingerprint density at radius 2 is 1.80 bits per heavy atom. The van der Waals surface area contributed by atoms with Crippen molar-refractivity contribution in [3.63, 3.8) is 0 Å². The summed E-state index contributed by atoms with van der Waals surface area (Å²) in [5.41, 5.74) is 4.28. The molecule has 2 aromatic rings. The van der Waals surface area contributed by atoms with Crippen molar-refractivity contribution in [2.24, 2.45) is 0 Å². The predicted octanol–water partition coefficient (Wildman–Crippen LogP) is 0.856. The first-order valence-corrected chi connectivity index (χ1v) is 10.9. The Labute approximate surface area is 178 Å². The standard InChI is InChI=1S/C18H24ClN5O5S/c1-4-5-10-24-16(20)15(17(26)21-18(24)27)23(3)14(25)11-22(2)30(28,29)13-8-6-12(19)7-9-13/h6-9H,4-5,10-11,20H2,1-3H3,(H,21,26,27). The molecule has 1 amide bonds. The smallest absolute Gasteiger partial charge is 0.330 e. The molecule has 1 heterocycles. The van der Waals surface area contributed by atoms with E-state index in [9.17, 15) is 22.8 Å². The van der Waals surface area contributed by atoms with E-state index in [1.165, 1.54) is 42.9 Å². The molecule has 30 heavy (non-hydrogen) atoms. The monoisotopic (exact) mass is 457 g/mol. The first-order valence-electron chi connectivity index (χ1n) is 9.11. The molecule has 0 fully saturated rings. The van der Waals surface area contributed by atoms with Gasteiger partial charge in [-0.3, -0.25) is 19.1 Å². The van der Waals surface area contributed by atoms with Gasteiger partial charge in [-0.2, -0.15) is 4.31 Å². The van der Waals surface area contributed by atoms with Crippen molar-refractivity contribution in [3.8, 4) is 0 Å². The van der Waals surface area contributed by atoms with E-state index in [0.717, 1.165) is 15.6 Å². The number of benzene rings is 1. The van der Waals surface area contributed by atoms with E-state index in [2.05, 4.69) is 4.98 Å². The summed E-state index contributed by atoms with van der Waals surface area (Å²) in [6, 6.07) is 5.51. The predicted molar refractivity (Wildman–Crippen MR) is 115 cm³/mol. The van der Waals surface area contributed by atoms with Crippen LogP contribution in [0.15, 0.2) is 38.8 Å². The zero-order valence-electron chi connectivity index (χ0n) is 16.9. The highest BCUT2D eigenvalue weighted by atomic mass is 35.5. The molecule has 0 bridgehead atoms. The first-order chi connectivity index (χ1) is 14.0. The van der Waals surface area contributed by atoms with Gasteiger partial charge in [0.1, 0.15) is 5.82 Å². The molecular weight excluding hydrogens is 434 g/mol. The van der Waals surface area contributed by atoms with Gasteiger partial charge in [0.05, 0.1) is 11.4 Å². The number of halogens is 1. The Bertz CT molecular complexity index is 1140. The van der Waals surface area contributed by atoms with Crippen LogP contribution in [-0.4, -0.2) is 48.8 Å². The number of aromatic amines is 1. The van der Waals surface area contributed by atoms with E-state index in [1.807, 2.05) is 6.92 Å². The number of likely N-dealkylation sites (N-methyl/N-ethyl adjacent to an activating group) is 2.